The predicted molar refractivity (Wildman–Crippen MR) is 32.2 cm³/mol. The number of urea groups is 1. The lowest BCUT2D eigenvalue weighted by molar-refractivity contribution is 0.231. The third-order valence-corrected chi connectivity index (χ3v) is 0.720. The highest BCUT2D eigenvalue weighted by atomic mass is 16.2. The van der Waals surface area contributed by atoms with E-state index in [2.05, 4.69) is 0 Å². The first-order valence-corrected chi connectivity index (χ1v) is 2.33. The summed E-state index contributed by atoms with van der Waals surface area (Å²) >= 11 is 0. The van der Waals surface area contributed by atoms with Gasteiger partial charge in [0, 0.05) is 13.2 Å². The molecular weight excluding hydrogens is 104 g/mol. The molecule has 0 heterocycles. The molecule has 0 aliphatic heterocycles. The van der Waals surface area contributed by atoms with E-state index in [0.29, 0.717) is 0 Å². The van der Waals surface area contributed by atoms with Crippen LogP contribution in [0.1, 0.15) is 6.92 Å². The maximum absolute atomic E-state index is 10.2. The van der Waals surface area contributed by atoms with Crippen LogP contribution < -0.4 is 5.73 Å². The van der Waals surface area contributed by atoms with E-state index in [1.54, 1.807) is 19.3 Å². The van der Waals surface area contributed by atoms with Gasteiger partial charge >= 0.3 is 6.03 Å². The highest BCUT2D eigenvalue weighted by Gasteiger charge is 1.93. The molecule has 0 aromatic rings. The van der Waals surface area contributed by atoms with E-state index in [1.165, 1.54) is 4.90 Å². The summed E-state index contributed by atoms with van der Waals surface area (Å²) < 4.78 is 0. The zero-order valence-corrected chi connectivity index (χ0v) is 5.09. The van der Waals surface area contributed by atoms with Crippen LogP contribution in [0.5, 0.6) is 0 Å². The molecule has 3 nitrogen and oxygen atoms in total. The number of hydrogen-bond acceptors (Lipinski definition) is 1. The first kappa shape index (κ1) is 7.01. The number of carbonyl (C=O) groups is 1. The molecule has 0 aromatic heterocycles. The van der Waals surface area contributed by atoms with Crippen molar-refractivity contribution in [2.45, 2.75) is 6.92 Å². The lowest BCUT2D eigenvalue weighted by atomic mass is 10.6. The van der Waals surface area contributed by atoms with Crippen LogP contribution in [0.3, 0.4) is 0 Å². The van der Waals surface area contributed by atoms with Gasteiger partial charge in [-0.2, -0.15) is 0 Å². The van der Waals surface area contributed by atoms with Crippen LogP contribution in [-0.4, -0.2) is 18.0 Å². The van der Waals surface area contributed by atoms with Crippen LogP contribution in [0.2, 0.25) is 0 Å². The van der Waals surface area contributed by atoms with E-state index < -0.39 is 6.03 Å². The molecule has 0 aliphatic rings. The third-order valence-electron chi connectivity index (χ3n) is 0.720. The normalized spacial score (nSPS) is 9.75. The van der Waals surface area contributed by atoms with Crippen LogP contribution in [0.25, 0.3) is 0 Å². The number of allylic oxidation sites excluding steroid dienone is 1. The summed E-state index contributed by atoms with van der Waals surface area (Å²) in [5, 5.41) is 0. The van der Waals surface area contributed by atoms with Crippen molar-refractivity contribution in [3.05, 3.63) is 12.3 Å². The highest BCUT2D eigenvalue weighted by Crippen LogP contribution is 1.80. The summed E-state index contributed by atoms with van der Waals surface area (Å²) in [4.78, 5) is 11.5. The minimum absolute atomic E-state index is 0.442. The molecule has 0 aliphatic carbocycles. The average Bonchev–Trinajstić information content (AvgIpc) is 1.67. The molecule has 0 spiro atoms. The summed E-state index contributed by atoms with van der Waals surface area (Å²) in [5.41, 5.74) is 4.86. The van der Waals surface area contributed by atoms with Crippen molar-refractivity contribution in [3.8, 4) is 0 Å². The second kappa shape index (κ2) is 3.07. The van der Waals surface area contributed by atoms with Gasteiger partial charge in [0.05, 0.1) is 0 Å². The van der Waals surface area contributed by atoms with E-state index in [4.69, 9.17) is 5.73 Å². The van der Waals surface area contributed by atoms with E-state index in [-0.39, 0.29) is 0 Å². The smallest absolute Gasteiger partial charge is 0.318 e. The monoisotopic (exact) mass is 114 g/mol. The standard InChI is InChI=1S/C5H10N2O/c1-3-4-7(2)5(6)8/h3-4H,1-2H3,(H2,6,8). The van der Waals surface area contributed by atoms with E-state index in [0.717, 1.165) is 0 Å². The van der Waals surface area contributed by atoms with Gasteiger partial charge in [0.2, 0.25) is 0 Å². The van der Waals surface area contributed by atoms with Crippen molar-refractivity contribution in [2.24, 2.45) is 5.73 Å². The number of rotatable bonds is 1. The van der Waals surface area contributed by atoms with Crippen LogP contribution >= 0.6 is 0 Å². The molecule has 0 aromatic carbocycles. The maximum Gasteiger partial charge on any atom is 0.318 e. The van der Waals surface area contributed by atoms with Gasteiger partial charge in [-0.1, -0.05) is 6.08 Å². The Balaban J connectivity index is 3.64. The third kappa shape index (κ3) is 2.23. The number of nitrogens with two attached hydrogens (primary N) is 1. The fourth-order valence-corrected chi connectivity index (χ4v) is 0.297. The number of hydrogen-bond donors (Lipinski definition) is 1. The van der Waals surface area contributed by atoms with Gasteiger partial charge in [-0.05, 0) is 6.92 Å². The molecule has 0 saturated carbocycles. The van der Waals surface area contributed by atoms with Crippen LogP contribution in [0, 0.1) is 0 Å². The zero-order valence-electron chi connectivity index (χ0n) is 5.09. The topological polar surface area (TPSA) is 46.3 Å². The summed E-state index contributed by atoms with van der Waals surface area (Å²) in [5.74, 6) is 0. The molecule has 8 heavy (non-hydrogen) atoms. The molecule has 0 radical (unpaired) electrons. The first-order chi connectivity index (χ1) is 3.68. The van der Waals surface area contributed by atoms with Crippen molar-refractivity contribution in [1.82, 2.24) is 4.90 Å². The van der Waals surface area contributed by atoms with Crippen LogP contribution in [-0.2, 0) is 0 Å². The quantitative estimate of drug-likeness (QED) is 0.531. The first-order valence-electron chi connectivity index (χ1n) is 2.33. The number of amides is 2. The van der Waals surface area contributed by atoms with Crippen molar-refractivity contribution >= 4 is 6.03 Å². The highest BCUT2D eigenvalue weighted by molar-refractivity contribution is 5.72. The second-order valence-electron chi connectivity index (χ2n) is 1.43. The molecule has 0 saturated heterocycles. The van der Waals surface area contributed by atoms with E-state index in [9.17, 15) is 4.79 Å². The SMILES string of the molecule is CC=CN(C)C(N)=O. The fraction of sp³-hybridized carbons (Fsp3) is 0.400. The molecule has 46 valence electrons. The Morgan fingerprint density at radius 3 is 2.38 bits per heavy atom. The van der Waals surface area contributed by atoms with Gasteiger partial charge in [-0.15, -0.1) is 0 Å². The van der Waals surface area contributed by atoms with Crippen molar-refractivity contribution in [3.63, 3.8) is 0 Å². The average molecular weight is 114 g/mol. The second-order valence-corrected chi connectivity index (χ2v) is 1.43. The molecule has 3 heteroatoms. The maximum atomic E-state index is 10.2. The predicted octanol–water partition coefficient (Wildman–Crippen LogP) is 0.531. The largest absolute Gasteiger partial charge is 0.351 e. The van der Waals surface area contributed by atoms with Crippen LogP contribution in [0.4, 0.5) is 4.79 Å². The lowest BCUT2D eigenvalue weighted by Crippen LogP contribution is -2.26. The van der Waals surface area contributed by atoms with Gasteiger partial charge < -0.3 is 10.6 Å². The molecule has 0 bridgehead atoms. The number of nitrogens with zero attached hydrogens (tertiary/aromatic N) is 1. The molecular formula is C5H10N2O. The Hall–Kier alpha value is -0.990. The van der Waals surface area contributed by atoms with Gasteiger partial charge in [-0.3, -0.25) is 0 Å². The van der Waals surface area contributed by atoms with E-state index >= 15 is 0 Å². The molecule has 0 rings (SSSR count). The summed E-state index contributed by atoms with van der Waals surface area (Å²) in [6.07, 6.45) is 3.34. The lowest BCUT2D eigenvalue weighted by Gasteiger charge is -2.04. The Bertz CT molecular complexity index is 109. The van der Waals surface area contributed by atoms with Crippen LogP contribution in [0.15, 0.2) is 12.3 Å². The van der Waals surface area contributed by atoms with Gasteiger partial charge in [0.15, 0.2) is 0 Å². The summed E-state index contributed by atoms with van der Waals surface area (Å²) in [6, 6.07) is -0.442. The Labute approximate surface area is 48.8 Å². The molecule has 2 N–H and O–H groups in total. The molecule has 0 unspecified atom stereocenters. The Morgan fingerprint density at radius 2 is 2.25 bits per heavy atom. The molecule has 0 fully saturated rings. The Kier molecular flexibility index (Phi) is 2.69. The molecule has 0 atom stereocenters. The van der Waals surface area contributed by atoms with Gasteiger partial charge in [0.1, 0.15) is 0 Å². The molecule has 2 amide bonds. The van der Waals surface area contributed by atoms with Gasteiger partial charge in [-0.25, -0.2) is 4.79 Å². The van der Waals surface area contributed by atoms with Crippen molar-refractivity contribution in [2.75, 3.05) is 7.05 Å². The minimum atomic E-state index is -0.442. The summed E-state index contributed by atoms with van der Waals surface area (Å²) in [7, 11) is 1.60. The minimum Gasteiger partial charge on any atom is -0.351 e. The Morgan fingerprint density at radius 1 is 1.75 bits per heavy atom. The number of primary amides is 1. The fourth-order valence-electron chi connectivity index (χ4n) is 0.297. The van der Waals surface area contributed by atoms with E-state index in [1.807, 2.05) is 6.92 Å². The van der Waals surface area contributed by atoms with Gasteiger partial charge in [0.25, 0.3) is 0 Å². The number of carbonyl (C=O) groups excluding carboxylic acids is 1. The zero-order chi connectivity index (χ0) is 6.57. The summed E-state index contributed by atoms with van der Waals surface area (Å²) in [6.45, 7) is 1.82. The van der Waals surface area contributed by atoms with Crippen molar-refractivity contribution < 1.29 is 4.79 Å². The van der Waals surface area contributed by atoms with Crippen molar-refractivity contribution in [1.29, 1.82) is 0 Å².